The minimum absolute atomic E-state index is 0.294. The highest BCUT2D eigenvalue weighted by atomic mass is 16.4. The van der Waals surface area contributed by atoms with Crippen LogP contribution in [0.5, 0.6) is 0 Å². The van der Waals surface area contributed by atoms with E-state index in [1.54, 1.807) is 0 Å². The Bertz CT molecular complexity index is 778. The Balaban J connectivity index is 1.96. The first kappa shape index (κ1) is 21.2. The number of carbonyl (C=O) groups excluding carboxylic acids is 2. The van der Waals surface area contributed by atoms with Crippen LogP contribution in [0.1, 0.15) is 30.9 Å². The molecule has 0 saturated carbocycles. The fourth-order valence-electron chi connectivity index (χ4n) is 2.99. The van der Waals surface area contributed by atoms with Gasteiger partial charge in [0.1, 0.15) is 12.1 Å². The summed E-state index contributed by atoms with van der Waals surface area (Å²) < 4.78 is 0. The van der Waals surface area contributed by atoms with Crippen LogP contribution in [0.4, 0.5) is 0 Å². The van der Waals surface area contributed by atoms with E-state index >= 15 is 0 Å². The highest BCUT2D eigenvalue weighted by molar-refractivity contribution is 5.90. The number of nitrogens with one attached hydrogen (secondary N) is 2. The van der Waals surface area contributed by atoms with E-state index in [1.807, 2.05) is 60.7 Å². The van der Waals surface area contributed by atoms with Gasteiger partial charge in [-0.15, -0.1) is 0 Å². The Morgan fingerprint density at radius 3 is 1.96 bits per heavy atom. The standard InChI is InChI=1S/C22H26N2O4/c1-16(25)23-20(15-18-11-6-3-7-12-18)21(26)24-19(22(27)28)14-8-13-17-9-4-2-5-10-17/h2-7,9-12,19-20H,8,13-15H2,1H3,(H,23,25)(H,24,26)(H,27,28)/t19-,20+/m1/s1. The van der Waals surface area contributed by atoms with Gasteiger partial charge in [0.15, 0.2) is 0 Å². The van der Waals surface area contributed by atoms with Crippen molar-refractivity contribution in [3.63, 3.8) is 0 Å². The fraction of sp³-hybridized carbons (Fsp3) is 0.318. The monoisotopic (exact) mass is 382 g/mol. The molecule has 2 atom stereocenters. The van der Waals surface area contributed by atoms with Crippen molar-refractivity contribution < 1.29 is 19.5 Å². The summed E-state index contributed by atoms with van der Waals surface area (Å²) in [5.74, 6) is -1.92. The first-order chi connectivity index (χ1) is 13.5. The Morgan fingerprint density at radius 2 is 1.43 bits per heavy atom. The molecule has 6 heteroatoms. The zero-order valence-corrected chi connectivity index (χ0v) is 15.9. The smallest absolute Gasteiger partial charge is 0.326 e. The van der Waals surface area contributed by atoms with E-state index in [1.165, 1.54) is 6.92 Å². The van der Waals surface area contributed by atoms with Crippen molar-refractivity contribution in [2.45, 2.75) is 44.7 Å². The molecule has 2 amide bonds. The third-order valence-corrected chi connectivity index (χ3v) is 4.39. The molecule has 0 bridgehead atoms. The lowest BCUT2D eigenvalue weighted by atomic mass is 10.0. The summed E-state index contributed by atoms with van der Waals surface area (Å²) in [5.41, 5.74) is 2.01. The molecular weight excluding hydrogens is 356 g/mol. The number of hydrogen-bond donors (Lipinski definition) is 3. The molecule has 2 aromatic rings. The van der Waals surface area contributed by atoms with Crippen LogP contribution in [0.3, 0.4) is 0 Å². The van der Waals surface area contributed by atoms with Gasteiger partial charge < -0.3 is 15.7 Å². The van der Waals surface area contributed by atoms with E-state index in [2.05, 4.69) is 10.6 Å². The van der Waals surface area contributed by atoms with Crippen LogP contribution < -0.4 is 10.6 Å². The SMILES string of the molecule is CC(=O)N[C@@H](Cc1ccccc1)C(=O)N[C@H](CCCc1ccccc1)C(=O)O. The van der Waals surface area contributed by atoms with Crippen molar-refractivity contribution in [1.29, 1.82) is 0 Å². The van der Waals surface area contributed by atoms with Crippen LogP contribution in [0.25, 0.3) is 0 Å². The molecule has 0 radical (unpaired) electrons. The first-order valence-corrected chi connectivity index (χ1v) is 9.34. The van der Waals surface area contributed by atoms with Gasteiger partial charge in [0.25, 0.3) is 0 Å². The quantitative estimate of drug-likeness (QED) is 0.588. The minimum Gasteiger partial charge on any atom is -0.480 e. The number of rotatable bonds is 10. The predicted octanol–water partition coefficient (Wildman–Crippen LogP) is 2.33. The number of hydrogen-bond acceptors (Lipinski definition) is 3. The normalized spacial score (nSPS) is 12.6. The van der Waals surface area contributed by atoms with Crippen LogP contribution in [-0.2, 0) is 27.2 Å². The number of aryl methyl sites for hydroxylation is 1. The Labute approximate surface area is 165 Å². The second kappa shape index (κ2) is 10.9. The molecule has 0 aliphatic carbocycles. The summed E-state index contributed by atoms with van der Waals surface area (Å²) >= 11 is 0. The van der Waals surface area contributed by atoms with E-state index in [-0.39, 0.29) is 5.91 Å². The summed E-state index contributed by atoms with van der Waals surface area (Å²) in [5, 5.41) is 14.7. The lowest BCUT2D eigenvalue weighted by Crippen LogP contribution is -2.52. The number of carboxylic acids is 1. The highest BCUT2D eigenvalue weighted by Gasteiger charge is 2.25. The van der Waals surface area contributed by atoms with Crippen LogP contribution in [0.2, 0.25) is 0 Å². The lowest BCUT2D eigenvalue weighted by Gasteiger charge is -2.21. The maximum Gasteiger partial charge on any atom is 0.326 e. The van der Waals surface area contributed by atoms with Crippen molar-refractivity contribution >= 4 is 17.8 Å². The number of aliphatic carboxylic acids is 1. The van der Waals surface area contributed by atoms with Crippen LogP contribution in [0, 0.1) is 0 Å². The van der Waals surface area contributed by atoms with Gasteiger partial charge in [0.2, 0.25) is 11.8 Å². The number of carbonyl (C=O) groups is 3. The predicted molar refractivity (Wildman–Crippen MR) is 107 cm³/mol. The van der Waals surface area contributed by atoms with Crippen LogP contribution >= 0.6 is 0 Å². The van der Waals surface area contributed by atoms with Crippen molar-refractivity contribution in [3.05, 3.63) is 71.8 Å². The molecule has 0 spiro atoms. The second-order valence-electron chi connectivity index (χ2n) is 6.72. The second-order valence-corrected chi connectivity index (χ2v) is 6.72. The average molecular weight is 382 g/mol. The Kier molecular flexibility index (Phi) is 8.21. The molecule has 148 valence electrons. The van der Waals surface area contributed by atoms with Crippen molar-refractivity contribution in [2.24, 2.45) is 0 Å². The molecule has 0 saturated heterocycles. The van der Waals surface area contributed by atoms with Gasteiger partial charge in [0, 0.05) is 13.3 Å². The molecule has 2 aromatic carbocycles. The Hall–Kier alpha value is -3.15. The van der Waals surface area contributed by atoms with Gasteiger partial charge >= 0.3 is 5.97 Å². The molecule has 2 rings (SSSR count). The molecule has 0 heterocycles. The molecule has 0 unspecified atom stereocenters. The molecule has 0 aliphatic heterocycles. The van der Waals surface area contributed by atoms with Gasteiger partial charge in [-0.2, -0.15) is 0 Å². The third-order valence-electron chi connectivity index (χ3n) is 4.39. The van der Waals surface area contributed by atoms with E-state index in [4.69, 9.17) is 0 Å². The molecule has 0 fully saturated rings. The van der Waals surface area contributed by atoms with Gasteiger partial charge in [-0.05, 0) is 30.4 Å². The van der Waals surface area contributed by atoms with E-state index in [0.29, 0.717) is 19.3 Å². The maximum absolute atomic E-state index is 12.6. The molecular formula is C22H26N2O4. The zero-order chi connectivity index (χ0) is 20.4. The molecule has 28 heavy (non-hydrogen) atoms. The summed E-state index contributed by atoms with van der Waals surface area (Å²) in [7, 11) is 0. The summed E-state index contributed by atoms with van der Waals surface area (Å²) in [6.45, 7) is 1.33. The maximum atomic E-state index is 12.6. The lowest BCUT2D eigenvalue weighted by molar-refractivity contribution is -0.142. The number of carboxylic acid groups (broad SMARTS) is 1. The first-order valence-electron chi connectivity index (χ1n) is 9.34. The van der Waals surface area contributed by atoms with Gasteiger partial charge in [-0.1, -0.05) is 60.7 Å². The van der Waals surface area contributed by atoms with Gasteiger partial charge in [-0.25, -0.2) is 4.79 Å². The van der Waals surface area contributed by atoms with Crippen molar-refractivity contribution in [2.75, 3.05) is 0 Å². The largest absolute Gasteiger partial charge is 0.480 e. The van der Waals surface area contributed by atoms with Crippen LogP contribution in [0.15, 0.2) is 60.7 Å². The minimum atomic E-state index is -1.08. The molecule has 0 aromatic heterocycles. The molecule has 3 N–H and O–H groups in total. The third kappa shape index (κ3) is 7.23. The number of amides is 2. The van der Waals surface area contributed by atoms with E-state index < -0.39 is 24.0 Å². The fourth-order valence-corrected chi connectivity index (χ4v) is 2.99. The van der Waals surface area contributed by atoms with Crippen molar-refractivity contribution in [3.8, 4) is 0 Å². The van der Waals surface area contributed by atoms with Crippen molar-refractivity contribution in [1.82, 2.24) is 10.6 Å². The topological polar surface area (TPSA) is 95.5 Å². The van der Waals surface area contributed by atoms with E-state index in [9.17, 15) is 19.5 Å². The molecule has 6 nitrogen and oxygen atoms in total. The van der Waals surface area contributed by atoms with Gasteiger partial charge in [-0.3, -0.25) is 9.59 Å². The zero-order valence-electron chi connectivity index (χ0n) is 15.9. The summed E-state index contributed by atoms with van der Waals surface area (Å²) in [4.78, 5) is 35.7. The van der Waals surface area contributed by atoms with E-state index in [0.717, 1.165) is 17.5 Å². The summed E-state index contributed by atoms with van der Waals surface area (Å²) in [6, 6.07) is 17.2. The number of benzene rings is 2. The molecule has 0 aliphatic rings. The summed E-state index contributed by atoms with van der Waals surface area (Å²) in [6.07, 6.45) is 1.97. The van der Waals surface area contributed by atoms with Gasteiger partial charge in [0.05, 0.1) is 0 Å². The Morgan fingerprint density at radius 1 is 0.857 bits per heavy atom. The highest BCUT2D eigenvalue weighted by Crippen LogP contribution is 2.08. The average Bonchev–Trinajstić information content (AvgIpc) is 2.67. The van der Waals surface area contributed by atoms with Crippen LogP contribution in [-0.4, -0.2) is 35.0 Å².